The molecule has 0 aliphatic rings. The van der Waals surface area contributed by atoms with Crippen molar-refractivity contribution in [3.63, 3.8) is 0 Å². The van der Waals surface area contributed by atoms with Gasteiger partial charge in [0.15, 0.2) is 0 Å². The summed E-state index contributed by atoms with van der Waals surface area (Å²) < 4.78 is 5.16. The van der Waals surface area contributed by atoms with Gasteiger partial charge in [-0.25, -0.2) is 0 Å². The first-order valence-electron chi connectivity index (χ1n) is 3.50. The number of hydrogen-bond donors (Lipinski definition) is 0. The normalized spacial score (nSPS) is 9.70. The van der Waals surface area contributed by atoms with Crippen LogP contribution in [0.15, 0.2) is 24.3 Å². The summed E-state index contributed by atoms with van der Waals surface area (Å²) in [7, 11) is 2.92. The monoisotopic (exact) mass is 152 g/mol. The highest BCUT2D eigenvalue weighted by molar-refractivity contribution is 6.08. The summed E-state index contributed by atoms with van der Waals surface area (Å²) in [5.74, 6) is 1.03. The molecule has 0 aliphatic heterocycles. The Balaban J connectivity index is 2.96. The molecule has 0 saturated carbocycles. The van der Waals surface area contributed by atoms with Gasteiger partial charge >= 0.3 is 0 Å². The van der Waals surface area contributed by atoms with Gasteiger partial charge in [-0.2, -0.15) is 0 Å². The SMILES string of the molecule is COc1ccccc1C[SiH3]. The first-order chi connectivity index (χ1) is 4.88. The van der Waals surface area contributed by atoms with Crippen LogP contribution in [0.3, 0.4) is 0 Å². The van der Waals surface area contributed by atoms with Gasteiger partial charge in [-0.05, 0) is 17.7 Å². The van der Waals surface area contributed by atoms with Crippen LogP contribution in [0.4, 0.5) is 0 Å². The van der Waals surface area contributed by atoms with Gasteiger partial charge in [-0.3, -0.25) is 0 Å². The average Bonchev–Trinajstić information content (AvgIpc) is 2.04. The molecular weight excluding hydrogens is 140 g/mol. The molecule has 1 aromatic rings. The van der Waals surface area contributed by atoms with Crippen LogP contribution in [0.2, 0.25) is 0 Å². The highest BCUT2D eigenvalue weighted by Gasteiger charge is 1.95. The quantitative estimate of drug-likeness (QED) is 0.563. The third-order valence-electron chi connectivity index (χ3n) is 1.57. The minimum Gasteiger partial charge on any atom is -0.496 e. The van der Waals surface area contributed by atoms with Gasteiger partial charge < -0.3 is 4.74 Å². The molecule has 54 valence electrons. The van der Waals surface area contributed by atoms with E-state index in [0.717, 1.165) is 5.75 Å². The topological polar surface area (TPSA) is 9.23 Å². The van der Waals surface area contributed by atoms with Gasteiger partial charge in [0.2, 0.25) is 0 Å². The molecule has 10 heavy (non-hydrogen) atoms. The Labute approximate surface area is 64.4 Å². The minimum atomic E-state index is 1.03. The molecule has 0 N–H and O–H groups in total. The molecule has 0 heterocycles. The van der Waals surface area contributed by atoms with Gasteiger partial charge in [0.05, 0.1) is 7.11 Å². The maximum absolute atomic E-state index is 5.16. The van der Waals surface area contributed by atoms with Gasteiger partial charge in [0.1, 0.15) is 5.75 Å². The van der Waals surface area contributed by atoms with Crippen molar-refractivity contribution >= 4 is 10.2 Å². The third kappa shape index (κ3) is 1.39. The predicted octanol–water partition coefficient (Wildman–Crippen LogP) is 0.561. The van der Waals surface area contributed by atoms with E-state index in [4.69, 9.17) is 4.74 Å². The van der Waals surface area contributed by atoms with E-state index in [1.807, 2.05) is 12.1 Å². The first-order valence-corrected chi connectivity index (χ1v) is 4.91. The molecule has 0 spiro atoms. The van der Waals surface area contributed by atoms with E-state index in [-0.39, 0.29) is 0 Å². The van der Waals surface area contributed by atoms with E-state index in [9.17, 15) is 0 Å². The van der Waals surface area contributed by atoms with Gasteiger partial charge in [-0.1, -0.05) is 18.2 Å². The molecule has 0 saturated heterocycles. The van der Waals surface area contributed by atoms with Crippen LogP contribution in [-0.4, -0.2) is 17.4 Å². The van der Waals surface area contributed by atoms with E-state index in [0.29, 0.717) is 0 Å². The summed E-state index contributed by atoms with van der Waals surface area (Å²) in [5.41, 5.74) is 1.33. The second kappa shape index (κ2) is 3.42. The maximum Gasteiger partial charge on any atom is 0.121 e. The molecular formula is C8H12OSi. The first kappa shape index (κ1) is 7.35. The number of methoxy groups -OCH3 is 1. The number of benzene rings is 1. The lowest BCUT2D eigenvalue weighted by atomic mass is 10.2. The van der Waals surface area contributed by atoms with Crippen molar-refractivity contribution in [2.24, 2.45) is 0 Å². The zero-order valence-electron chi connectivity index (χ0n) is 6.42. The van der Waals surface area contributed by atoms with Crippen molar-refractivity contribution in [3.05, 3.63) is 29.8 Å². The lowest BCUT2D eigenvalue weighted by molar-refractivity contribution is 0.411. The third-order valence-corrected chi connectivity index (χ3v) is 2.34. The molecule has 0 amide bonds. The van der Waals surface area contributed by atoms with Crippen LogP contribution < -0.4 is 4.74 Å². The van der Waals surface area contributed by atoms with Gasteiger partial charge in [0, 0.05) is 10.2 Å². The molecule has 0 fully saturated rings. The van der Waals surface area contributed by atoms with Crippen molar-refractivity contribution in [3.8, 4) is 5.75 Å². The van der Waals surface area contributed by atoms with Crippen molar-refractivity contribution < 1.29 is 4.74 Å². The second-order valence-corrected chi connectivity index (χ2v) is 2.87. The second-order valence-electron chi connectivity index (χ2n) is 2.17. The maximum atomic E-state index is 5.16. The van der Waals surface area contributed by atoms with Crippen molar-refractivity contribution in [1.82, 2.24) is 0 Å². The van der Waals surface area contributed by atoms with Gasteiger partial charge in [0.25, 0.3) is 0 Å². The van der Waals surface area contributed by atoms with Crippen LogP contribution in [0.1, 0.15) is 5.56 Å². The van der Waals surface area contributed by atoms with E-state index in [1.54, 1.807) is 7.11 Å². The van der Waals surface area contributed by atoms with Crippen LogP contribution in [0.25, 0.3) is 0 Å². The van der Waals surface area contributed by atoms with Crippen LogP contribution in [0.5, 0.6) is 5.75 Å². The van der Waals surface area contributed by atoms with E-state index < -0.39 is 0 Å². The van der Waals surface area contributed by atoms with Gasteiger partial charge in [-0.15, -0.1) is 0 Å². The lowest BCUT2D eigenvalue weighted by Gasteiger charge is -2.03. The Morgan fingerprint density at radius 1 is 1.40 bits per heavy atom. The van der Waals surface area contributed by atoms with Crippen LogP contribution in [-0.2, 0) is 6.04 Å². The zero-order valence-corrected chi connectivity index (χ0v) is 8.42. The zero-order chi connectivity index (χ0) is 7.40. The van der Waals surface area contributed by atoms with E-state index >= 15 is 0 Å². The molecule has 1 aromatic carbocycles. The summed E-state index contributed by atoms with van der Waals surface area (Å²) in [6.45, 7) is 0. The lowest BCUT2D eigenvalue weighted by Crippen LogP contribution is -1.90. The summed E-state index contributed by atoms with van der Waals surface area (Å²) >= 11 is 0. The Hall–Kier alpha value is -0.763. The largest absolute Gasteiger partial charge is 0.496 e. The van der Waals surface area contributed by atoms with E-state index in [1.165, 1.54) is 21.9 Å². The molecule has 0 bridgehead atoms. The summed E-state index contributed by atoms with van der Waals surface area (Å²) in [6.07, 6.45) is 0. The number of rotatable bonds is 2. The van der Waals surface area contributed by atoms with Crippen molar-refractivity contribution in [1.29, 1.82) is 0 Å². The smallest absolute Gasteiger partial charge is 0.121 e. The fourth-order valence-electron chi connectivity index (χ4n) is 0.995. The molecule has 0 aliphatic carbocycles. The summed E-state index contributed by atoms with van der Waals surface area (Å²) in [5, 5.41) is 0. The fourth-order valence-corrected chi connectivity index (χ4v) is 1.58. The summed E-state index contributed by atoms with van der Waals surface area (Å²) in [6, 6.07) is 9.35. The Bertz CT molecular complexity index is 187. The molecule has 2 heteroatoms. The Morgan fingerprint density at radius 2 is 2.10 bits per heavy atom. The Kier molecular flexibility index (Phi) is 2.51. The average molecular weight is 152 g/mol. The highest BCUT2D eigenvalue weighted by atomic mass is 28.1. The molecule has 1 nitrogen and oxygen atoms in total. The van der Waals surface area contributed by atoms with Crippen molar-refractivity contribution in [2.45, 2.75) is 6.04 Å². The molecule has 1 rings (SSSR count). The van der Waals surface area contributed by atoms with Crippen molar-refractivity contribution in [2.75, 3.05) is 7.11 Å². The number of ether oxygens (including phenoxy) is 1. The predicted molar refractivity (Wildman–Crippen MR) is 46.6 cm³/mol. The minimum absolute atomic E-state index is 1.03. The van der Waals surface area contributed by atoms with Crippen LogP contribution in [0, 0.1) is 0 Å². The number of hydrogen-bond acceptors (Lipinski definition) is 1. The highest BCUT2D eigenvalue weighted by Crippen LogP contribution is 2.15. The van der Waals surface area contributed by atoms with Crippen LogP contribution >= 0.6 is 0 Å². The molecule has 0 unspecified atom stereocenters. The fraction of sp³-hybridized carbons (Fsp3) is 0.250. The molecule has 0 atom stereocenters. The Morgan fingerprint density at radius 3 is 2.60 bits per heavy atom. The summed E-state index contributed by atoms with van der Waals surface area (Å²) in [4.78, 5) is 0. The molecule has 0 aromatic heterocycles. The van der Waals surface area contributed by atoms with E-state index in [2.05, 4.69) is 12.1 Å². The standard InChI is InChI=1S/C8H12OSi/c1-9-8-5-3-2-4-7(8)6-10/h2-5H,6H2,1,10H3. The molecule has 0 radical (unpaired) electrons. The number of para-hydroxylation sites is 1.